The molecule has 0 aromatic rings. The molecule has 25 heavy (non-hydrogen) atoms. The third-order valence-electron chi connectivity index (χ3n) is 4.56. The zero-order chi connectivity index (χ0) is 18.7. The van der Waals surface area contributed by atoms with E-state index in [1.165, 1.54) is 44.9 Å². The van der Waals surface area contributed by atoms with E-state index in [4.69, 9.17) is 0 Å². The zero-order valence-electron chi connectivity index (χ0n) is 15.2. The molecule has 0 radical (unpaired) electrons. The van der Waals surface area contributed by atoms with E-state index in [2.05, 4.69) is 17.0 Å². The van der Waals surface area contributed by atoms with E-state index in [1.54, 1.807) is 0 Å². The highest BCUT2D eigenvalue weighted by atomic mass is 16.6. The summed E-state index contributed by atoms with van der Waals surface area (Å²) in [4.78, 5) is 22.9. The van der Waals surface area contributed by atoms with Crippen molar-refractivity contribution in [3.05, 3.63) is 0 Å². The van der Waals surface area contributed by atoms with E-state index in [0.717, 1.165) is 19.3 Å². The molecule has 0 aromatic heterocycles. The van der Waals surface area contributed by atoms with Crippen molar-refractivity contribution >= 4 is 11.9 Å². The van der Waals surface area contributed by atoms with E-state index in [9.17, 15) is 24.9 Å². The van der Waals surface area contributed by atoms with Crippen LogP contribution in [0.2, 0.25) is 0 Å². The first-order valence-corrected chi connectivity index (χ1v) is 9.51. The average molecular weight is 359 g/mol. The Kier molecular flexibility index (Phi) is 10.7. The molecule has 1 aliphatic rings. The van der Waals surface area contributed by atoms with Gasteiger partial charge in [-0.15, -0.1) is 0 Å². The maximum Gasteiger partial charge on any atom is 0.338 e. The zero-order valence-corrected chi connectivity index (χ0v) is 15.2. The fourth-order valence-electron chi connectivity index (χ4n) is 2.92. The topological polar surface area (TPSA) is 116 Å². The first-order chi connectivity index (χ1) is 12.0. The van der Waals surface area contributed by atoms with E-state index in [0.29, 0.717) is 6.54 Å². The number of unbranched alkanes of at least 4 members (excludes halogenated alkanes) is 9. The summed E-state index contributed by atoms with van der Waals surface area (Å²) in [5.41, 5.74) is 0. The Balaban J connectivity index is 2.02. The molecule has 0 saturated carbocycles. The van der Waals surface area contributed by atoms with Crippen molar-refractivity contribution in [3.8, 4) is 0 Å². The molecular weight excluding hydrogens is 326 g/mol. The van der Waals surface area contributed by atoms with Crippen molar-refractivity contribution in [1.29, 1.82) is 0 Å². The third-order valence-corrected chi connectivity index (χ3v) is 4.56. The largest absolute Gasteiger partial charge is 0.454 e. The molecule has 7 heteroatoms. The van der Waals surface area contributed by atoms with Gasteiger partial charge in [-0.05, 0) is 6.42 Å². The van der Waals surface area contributed by atoms with Gasteiger partial charge in [-0.2, -0.15) is 0 Å². The highest BCUT2D eigenvalue weighted by Crippen LogP contribution is 2.19. The number of carbonyl (C=O) groups is 2. The van der Waals surface area contributed by atoms with E-state index in [-0.39, 0.29) is 0 Å². The second-order valence-corrected chi connectivity index (χ2v) is 6.75. The molecule has 1 aliphatic heterocycles. The van der Waals surface area contributed by atoms with Gasteiger partial charge in [0.05, 0.1) is 0 Å². The summed E-state index contributed by atoms with van der Waals surface area (Å²) in [5.74, 6) is -1.74. The Morgan fingerprint density at radius 2 is 1.56 bits per heavy atom. The van der Waals surface area contributed by atoms with Crippen molar-refractivity contribution < 1.29 is 29.6 Å². The minimum atomic E-state index is -1.71. The first-order valence-electron chi connectivity index (χ1n) is 9.51. The summed E-state index contributed by atoms with van der Waals surface area (Å²) in [5, 5.41) is 31.2. The molecule has 146 valence electrons. The fraction of sp³-hybridized carbons (Fsp3) is 0.889. The van der Waals surface area contributed by atoms with Crippen molar-refractivity contribution in [2.75, 3.05) is 6.54 Å². The molecule has 1 amide bonds. The SMILES string of the molecule is CCCCCCCCCCCCNC(=O)[C@H](O)[C@H]1OC(=O)[C@@H](O)[C@H]1O. The van der Waals surface area contributed by atoms with Gasteiger partial charge in [0, 0.05) is 6.54 Å². The predicted octanol–water partition coefficient (Wildman–Crippen LogP) is 1.03. The van der Waals surface area contributed by atoms with Crippen LogP contribution >= 0.6 is 0 Å². The van der Waals surface area contributed by atoms with E-state index in [1.807, 2.05) is 0 Å². The number of cyclic esters (lactones) is 1. The number of aliphatic hydroxyl groups excluding tert-OH is 3. The summed E-state index contributed by atoms with van der Waals surface area (Å²) in [7, 11) is 0. The number of aliphatic hydroxyl groups is 3. The number of nitrogens with one attached hydrogen (secondary N) is 1. The van der Waals surface area contributed by atoms with Crippen molar-refractivity contribution in [3.63, 3.8) is 0 Å². The van der Waals surface area contributed by atoms with Gasteiger partial charge in [0.15, 0.2) is 18.3 Å². The Hall–Kier alpha value is -1.18. The normalized spacial score (nSPS) is 24.2. The fourth-order valence-corrected chi connectivity index (χ4v) is 2.92. The van der Waals surface area contributed by atoms with Crippen LogP contribution in [0.1, 0.15) is 71.1 Å². The molecule has 0 spiro atoms. The van der Waals surface area contributed by atoms with Gasteiger partial charge >= 0.3 is 5.97 Å². The second-order valence-electron chi connectivity index (χ2n) is 6.75. The summed E-state index contributed by atoms with van der Waals surface area (Å²) >= 11 is 0. The van der Waals surface area contributed by atoms with Gasteiger partial charge in [0.25, 0.3) is 5.91 Å². The number of rotatable bonds is 13. The lowest BCUT2D eigenvalue weighted by atomic mass is 10.1. The Morgan fingerprint density at radius 3 is 2.04 bits per heavy atom. The van der Waals surface area contributed by atoms with Gasteiger partial charge in [-0.1, -0.05) is 64.7 Å². The molecule has 7 nitrogen and oxygen atoms in total. The van der Waals surface area contributed by atoms with Gasteiger partial charge in [-0.25, -0.2) is 4.79 Å². The summed E-state index contributed by atoms with van der Waals surface area (Å²) in [6.45, 7) is 2.63. The lowest BCUT2D eigenvalue weighted by Crippen LogP contribution is -2.47. The van der Waals surface area contributed by atoms with Crippen molar-refractivity contribution in [1.82, 2.24) is 5.32 Å². The van der Waals surface area contributed by atoms with Crippen LogP contribution in [0.3, 0.4) is 0 Å². The van der Waals surface area contributed by atoms with Crippen LogP contribution in [0.25, 0.3) is 0 Å². The number of ether oxygens (including phenoxy) is 1. The summed E-state index contributed by atoms with van der Waals surface area (Å²) < 4.78 is 4.63. The molecule has 4 N–H and O–H groups in total. The average Bonchev–Trinajstić information content (AvgIpc) is 2.86. The van der Waals surface area contributed by atoms with E-state index < -0.39 is 36.3 Å². The Morgan fingerprint density at radius 1 is 1.04 bits per heavy atom. The quantitative estimate of drug-likeness (QED) is 0.288. The molecule has 1 saturated heterocycles. The maximum absolute atomic E-state index is 11.8. The molecule has 4 atom stereocenters. The van der Waals surface area contributed by atoms with Crippen LogP contribution in [0.15, 0.2) is 0 Å². The van der Waals surface area contributed by atoms with Crippen LogP contribution in [0, 0.1) is 0 Å². The molecule has 0 bridgehead atoms. The smallest absolute Gasteiger partial charge is 0.338 e. The number of esters is 1. The summed E-state index contributed by atoms with van der Waals surface area (Å²) in [6.07, 6.45) is 5.50. The monoisotopic (exact) mass is 359 g/mol. The van der Waals surface area contributed by atoms with Crippen LogP contribution in [-0.4, -0.2) is 58.2 Å². The van der Waals surface area contributed by atoms with Crippen LogP contribution in [0.5, 0.6) is 0 Å². The minimum absolute atomic E-state index is 0.422. The predicted molar refractivity (Wildman–Crippen MR) is 92.8 cm³/mol. The molecular formula is C18H33NO6. The van der Waals surface area contributed by atoms with E-state index >= 15 is 0 Å². The molecule has 1 fully saturated rings. The number of carbonyl (C=O) groups excluding carboxylic acids is 2. The standard InChI is InChI=1S/C18H33NO6/c1-2-3-4-5-6-7-8-9-10-11-12-19-17(23)15(22)16-13(20)14(21)18(24)25-16/h13-16,20-22H,2-12H2,1H3,(H,19,23)/t13-,14+,15-,16+/m1/s1. The van der Waals surface area contributed by atoms with Gasteiger partial charge in [0.1, 0.15) is 6.10 Å². The number of hydrogen-bond acceptors (Lipinski definition) is 6. The van der Waals surface area contributed by atoms with Crippen LogP contribution < -0.4 is 5.32 Å². The van der Waals surface area contributed by atoms with Crippen molar-refractivity contribution in [2.24, 2.45) is 0 Å². The lowest BCUT2D eigenvalue weighted by molar-refractivity contribution is -0.153. The van der Waals surface area contributed by atoms with Gasteiger partial charge < -0.3 is 25.4 Å². The molecule has 1 heterocycles. The van der Waals surface area contributed by atoms with Gasteiger partial charge in [0.2, 0.25) is 0 Å². The van der Waals surface area contributed by atoms with Crippen LogP contribution in [0.4, 0.5) is 0 Å². The molecule has 0 aliphatic carbocycles. The van der Waals surface area contributed by atoms with Crippen molar-refractivity contribution in [2.45, 2.75) is 95.5 Å². The maximum atomic E-state index is 11.8. The second kappa shape index (κ2) is 12.2. The lowest BCUT2D eigenvalue weighted by Gasteiger charge is -2.19. The molecule has 1 rings (SSSR count). The van der Waals surface area contributed by atoms with Gasteiger partial charge in [-0.3, -0.25) is 4.79 Å². The third kappa shape index (κ3) is 7.71. The van der Waals surface area contributed by atoms with Crippen LogP contribution in [-0.2, 0) is 14.3 Å². The highest BCUT2D eigenvalue weighted by molar-refractivity contribution is 5.84. The highest BCUT2D eigenvalue weighted by Gasteiger charge is 2.48. The Bertz CT molecular complexity index is 403. The minimum Gasteiger partial charge on any atom is -0.454 e. The molecule has 0 aromatic carbocycles. The Labute approximate surface area is 149 Å². The number of amides is 1. The molecule has 0 unspecified atom stereocenters. The first kappa shape index (κ1) is 21.9. The summed E-state index contributed by atoms with van der Waals surface area (Å²) in [6, 6.07) is 0. The number of hydrogen-bond donors (Lipinski definition) is 4.